The van der Waals surface area contributed by atoms with Crippen molar-refractivity contribution in [2.24, 2.45) is 5.73 Å². The lowest BCUT2D eigenvalue weighted by Gasteiger charge is -2.29. The summed E-state index contributed by atoms with van der Waals surface area (Å²) in [6.45, 7) is 2.62. The fraction of sp³-hybridized carbons (Fsp3) is 0.235. The van der Waals surface area contributed by atoms with Crippen LogP contribution in [0, 0.1) is 0 Å². The van der Waals surface area contributed by atoms with Crippen molar-refractivity contribution < 1.29 is 0 Å². The molecule has 0 aliphatic heterocycles. The first-order valence-corrected chi connectivity index (χ1v) is 7.35. The van der Waals surface area contributed by atoms with Gasteiger partial charge in [-0.25, -0.2) is 0 Å². The Balaban J connectivity index is 2.14. The number of rotatable bonds is 5. The topological polar surface area (TPSA) is 69.6 Å². The molecule has 1 aromatic heterocycles. The van der Waals surface area contributed by atoms with Gasteiger partial charge in [0.1, 0.15) is 5.54 Å². The highest BCUT2D eigenvalue weighted by molar-refractivity contribution is 5.37. The highest BCUT2D eigenvalue weighted by Crippen LogP contribution is 2.32. The lowest BCUT2D eigenvalue weighted by molar-refractivity contribution is 0.365. The van der Waals surface area contributed by atoms with Crippen molar-refractivity contribution in [3.05, 3.63) is 77.6 Å². The minimum absolute atomic E-state index is 0.512. The third kappa shape index (κ3) is 2.51. The fourth-order valence-corrected chi connectivity index (χ4v) is 2.58. The van der Waals surface area contributed by atoms with Crippen LogP contribution in [0.15, 0.2) is 60.7 Å². The van der Waals surface area contributed by atoms with Crippen molar-refractivity contribution in [2.75, 3.05) is 6.54 Å². The summed E-state index contributed by atoms with van der Waals surface area (Å²) in [5.74, 6) is 0.667. The Hall–Kier alpha value is -2.53. The van der Waals surface area contributed by atoms with Gasteiger partial charge in [-0.05, 0) is 29.8 Å². The molecule has 3 rings (SSSR count). The number of benzene rings is 2. The molecule has 0 saturated heterocycles. The maximum atomic E-state index is 5.58. The standard InChI is InChI=1S/C17H19N5/c1-17(14-8-4-2-5-9-14,15-10-6-3-7-11-15)22-20-16(12-13-18)19-21-22/h2-11H,12-13,18H2,1H3. The molecular formula is C17H19N5. The Morgan fingerprint density at radius 2 is 1.50 bits per heavy atom. The first-order valence-electron chi connectivity index (χ1n) is 7.35. The third-order valence-corrected chi connectivity index (χ3v) is 3.89. The molecule has 2 N–H and O–H groups in total. The monoisotopic (exact) mass is 293 g/mol. The molecule has 22 heavy (non-hydrogen) atoms. The average molecular weight is 293 g/mol. The normalized spacial score (nSPS) is 11.5. The Morgan fingerprint density at radius 1 is 0.955 bits per heavy atom. The summed E-state index contributed by atoms with van der Waals surface area (Å²) in [7, 11) is 0. The van der Waals surface area contributed by atoms with Crippen LogP contribution < -0.4 is 5.73 Å². The molecule has 0 atom stereocenters. The smallest absolute Gasteiger partial charge is 0.176 e. The van der Waals surface area contributed by atoms with E-state index in [2.05, 4.69) is 46.6 Å². The van der Waals surface area contributed by atoms with Crippen LogP contribution in [0.5, 0.6) is 0 Å². The van der Waals surface area contributed by atoms with E-state index in [4.69, 9.17) is 5.73 Å². The summed E-state index contributed by atoms with van der Waals surface area (Å²) in [6, 6.07) is 20.4. The molecule has 0 aliphatic rings. The Morgan fingerprint density at radius 3 is 2.00 bits per heavy atom. The lowest BCUT2D eigenvalue weighted by atomic mass is 9.85. The van der Waals surface area contributed by atoms with Gasteiger partial charge in [0.05, 0.1) is 0 Å². The molecule has 0 amide bonds. The van der Waals surface area contributed by atoms with Gasteiger partial charge in [0.25, 0.3) is 0 Å². The summed E-state index contributed by atoms with van der Waals surface area (Å²) in [5, 5.41) is 12.9. The van der Waals surface area contributed by atoms with Gasteiger partial charge in [0, 0.05) is 6.42 Å². The molecule has 0 spiro atoms. The van der Waals surface area contributed by atoms with Crippen molar-refractivity contribution >= 4 is 0 Å². The molecule has 0 bridgehead atoms. The molecule has 5 nitrogen and oxygen atoms in total. The minimum Gasteiger partial charge on any atom is -0.330 e. The zero-order valence-electron chi connectivity index (χ0n) is 12.6. The van der Waals surface area contributed by atoms with E-state index in [1.54, 1.807) is 4.80 Å². The van der Waals surface area contributed by atoms with E-state index in [9.17, 15) is 0 Å². The van der Waals surface area contributed by atoms with Crippen LogP contribution in [-0.2, 0) is 12.0 Å². The number of aromatic nitrogens is 4. The van der Waals surface area contributed by atoms with Crippen molar-refractivity contribution in [3.8, 4) is 0 Å². The largest absolute Gasteiger partial charge is 0.330 e. The summed E-state index contributed by atoms with van der Waals surface area (Å²) in [4.78, 5) is 1.68. The van der Waals surface area contributed by atoms with Gasteiger partial charge in [-0.3, -0.25) is 0 Å². The maximum Gasteiger partial charge on any atom is 0.176 e. The van der Waals surface area contributed by atoms with Crippen LogP contribution in [0.4, 0.5) is 0 Å². The van der Waals surface area contributed by atoms with E-state index in [1.807, 2.05) is 36.4 Å². The lowest BCUT2D eigenvalue weighted by Crippen LogP contribution is -2.35. The van der Waals surface area contributed by atoms with Crippen LogP contribution in [0.25, 0.3) is 0 Å². The van der Waals surface area contributed by atoms with Crippen LogP contribution in [0.1, 0.15) is 23.9 Å². The van der Waals surface area contributed by atoms with Gasteiger partial charge < -0.3 is 5.73 Å². The number of nitrogens with two attached hydrogens (primary N) is 1. The van der Waals surface area contributed by atoms with E-state index >= 15 is 0 Å². The van der Waals surface area contributed by atoms with Crippen molar-refractivity contribution in [2.45, 2.75) is 18.9 Å². The highest BCUT2D eigenvalue weighted by Gasteiger charge is 2.33. The van der Waals surface area contributed by atoms with E-state index < -0.39 is 5.54 Å². The number of hydrogen-bond acceptors (Lipinski definition) is 4. The molecular weight excluding hydrogens is 274 g/mol. The van der Waals surface area contributed by atoms with Crippen LogP contribution >= 0.6 is 0 Å². The first-order chi connectivity index (χ1) is 10.7. The van der Waals surface area contributed by atoms with Crippen molar-refractivity contribution in [1.82, 2.24) is 20.2 Å². The molecule has 3 aromatic rings. The highest BCUT2D eigenvalue weighted by atomic mass is 15.6. The van der Waals surface area contributed by atoms with E-state index in [0.29, 0.717) is 18.8 Å². The van der Waals surface area contributed by atoms with Crippen molar-refractivity contribution in [3.63, 3.8) is 0 Å². The molecule has 0 aliphatic carbocycles. The number of tetrazole rings is 1. The SMILES string of the molecule is CC(c1ccccc1)(c1ccccc1)n1nnc(CCN)n1. The molecule has 5 heteroatoms. The molecule has 2 aromatic carbocycles. The summed E-state index contributed by atoms with van der Waals surface area (Å²) >= 11 is 0. The molecule has 0 fully saturated rings. The summed E-state index contributed by atoms with van der Waals surface area (Å²) in [6.07, 6.45) is 0.625. The minimum atomic E-state index is -0.512. The van der Waals surface area contributed by atoms with E-state index in [1.165, 1.54) is 0 Å². The molecule has 0 unspecified atom stereocenters. The molecule has 112 valence electrons. The van der Waals surface area contributed by atoms with Gasteiger partial charge >= 0.3 is 0 Å². The quantitative estimate of drug-likeness (QED) is 0.781. The molecule has 1 heterocycles. The van der Waals surface area contributed by atoms with E-state index in [0.717, 1.165) is 11.1 Å². The van der Waals surface area contributed by atoms with Crippen LogP contribution in [0.2, 0.25) is 0 Å². The first kappa shape index (κ1) is 14.4. The van der Waals surface area contributed by atoms with Gasteiger partial charge in [-0.15, -0.1) is 15.0 Å². The summed E-state index contributed by atoms with van der Waals surface area (Å²) < 4.78 is 0. The third-order valence-electron chi connectivity index (χ3n) is 3.89. The summed E-state index contributed by atoms with van der Waals surface area (Å²) in [5.41, 5.74) is 7.29. The van der Waals surface area contributed by atoms with Crippen LogP contribution in [0.3, 0.4) is 0 Å². The number of nitrogens with zero attached hydrogens (tertiary/aromatic N) is 4. The van der Waals surface area contributed by atoms with Gasteiger partial charge in [-0.1, -0.05) is 60.7 Å². The van der Waals surface area contributed by atoms with Crippen molar-refractivity contribution in [1.29, 1.82) is 0 Å². The number of hydrogen-bond donors (Lipinski definition) is 1. The van der Waals surface area contributed by atoms with Gasteiger partial charge in [-0.2, -0.15) is 0 Å². The maximum absolute atomic E-state index is 5.58. The fourth-order valence-electron chi connectivity index (χ4n) is 2.58. The predicted molar refractivity (Wildman–Crippen MR) is 85.3 cm³/mol. The second-order valence-electron chi connectivity index (χ2n) is 5.34. The Kier molecular flexibility index (Phi) is 3.98. The molecule has 0 saturated carbocycles. The molecule has 0 radical (unpaired) electrons. The zero-order valence-corrected chi connectivity index (χ0v) is 12.6. The Bertz CT molecular complexity index is 682. The average Bonchev–Trinajstić information content (AvgIpc) is 3.05. The van der Waals surface area contributed by atoms with E-state index in [-0.39, 0.29) is 0 Å². The van der Waals surface area contributed by atoms with Crippen LogP contribution in [-0.4, -0.2) is 26.8 Å². The van der Waals surface area contributed by atoms with Gasteiger partial charge in [0.15, 0.2) is 5.82 Å². The predicted octanol–water partition coefficient (Wildman–Crippen LogP) is 1.99. The zero-order chi connectivity index (χ0) is 15.4. The second-order valence-corrected chi connectivity index (χ2v) is 5.34. The van der Waals surface area contributed by atoms with Gasteiger partial charge in [0.2, 0.25) is 0 Å². The second kappa shape index (κ2) is 6.07. The Labute approximate surface area is 129 Å².